The first-order valence-electron chi connectivity index (χ1n) is 7.99. The Morgan fingerprint density at radius 2 is 1.83 bits per heavy atom. The number of ether oxygens (including phenoxy) is 1. The zero-order chi connectivity index (χ0) is 22.1. The summed E-state index contributed by atoms with van der Waals surface area (Å²) >= 11 is 5.81. The molecule has 0 aliphatic carbocycles. The number of nitrogens with one attached hydrogen (secondary N) is 1. The van der Waals surface area contributed by atoms with Gasteiger partial charge in [0, 0.05) is 5.02 Å². The molecule has 0 aliphatic heterocycles. The fourth-order valence-electron chi connectivity index (χ4n) is 2.12. The van der Waals surface area contributed by atoms with E-state index in [-0.39, 0.29) is 28.5 Å². The lowest BCUT2D eigenvalue weighted by Crippen LogP contribution is -2.14. The van der Waals surface area contributed by atoms with Gasteiger partial charge in [-0.25, -0.2) is 17.8 Å². The molecule has 0 spiro atoms. The highest BCUT2D eigenvalue weighted by Gasteiger charge is 2.18. The van der Waals surface area contributed by atoms with Gasteiger partial charge in [-0.05, 0) is 54.6 Å². The van der Waals surface area contributed by atoms with Crippen LogP contribution < -0.4 is 9.46 Å². The first-order valence-corrected chi connectivity index (χ1v) is 9.85. The van der Waals surface area contributed by atoms with Crippen molar-refractivity contribution in [3.05, 3.63) is 77.2 Å². The van der Waals surface area contributed by atoms with E-state index < -0.39 is 15.8 Å². The van der Waals surface area contributed by atoms with E-state index >= 15 is 0 Å². The van der Waals surface area contributed by atoms with Gasteiger partial charge in [0.1, 0.15) is 29.2 Å². The molecule has 0 amide bonds. The molecule has 0 saturated carbocycles. The number of carbonyl (C=O) groups is 1. The number of sulfonamides is 1. The van der Waals surface area contributed by atoms with Crippen molar-refractivity contribution >= 4 is 33.9 Å². The number of hydrogen-bond donors (Lipinski definition) is 2. The fourth-order valence-corrected chi connectivity index (χ4v) is 3.28. The Morgan fingerprint density at radius 3 is 2.40 bits per heavy atom. The summed E-state index contributed by atoms with van der Waals surface area (Å²) in [6.07, 6.45) is 0.890. The van der Waals surface area contributed by atoms with Crippen LogP contribution in [0.25, 0.3) is 0 Å². The molecule has 3 aromatic rings. The van der Waals surface area contributed by atoms with Crippen LogP contribution in [0, 0.1) is 17.1 Å². The third-order valence-corrected chi connectivity index (χ3v) is 4.99. The maximum Gasteiger partial charge on any atom is 0.290 e. The molecule has 8 nitrogen and oxygen atoms in total. The Morgan fingerprint density at radius 1 is 1.17 bits per heavy atom. The van der Waals surface area contributed by atoms with E-state index in [9.17, 15) is 18.1 Å². The lowest BCUT2D eigenvalue weighted by molar-refractivity contribution is -0.122. The average molecular weight is 450 g/mol. The predicted octanol–water partition coefficient (Wildman–Crippen LogP) is 4.04. The summed E-state index contributed by atoms with van der Waals surface area (Å²) in [5.41, 5.74) is 0.0277. The number of nitrogens with zero attached hydrogens (tertiary/aromatic N) is 2. The highest BCUT2D eigenvalue weighted by molar-refractivity contribution is 7.92. The second-order valence-electron chi connectivity index (χ2n) is 5.40. The van der Waals surface area contributed by atoms with E-state index in [1.54, 1.807) is 24.3 Å². The van der Waals surface area contributed by atoms with Gasteiger partial charge in [-0.3, -0.25) is 9.52 Å². The molecule has 30 heavy (non-hydrogen) atoms. The highest BCUT2D eigenvalue weighted by Crippen LogP contribution is 2.28. The predicted molar refractivity (Wildman–Crippen MR) is 106 cm³/mol. The smallest absolute Gasteiger partial charge is 0.290 e. The van der Waals surface area contributed by atoms with Gasteiger partial charge >= 0.3 is 0 Å². The number of hydrogen-bond acceptors (Lipinski definition) is 6. The van der Waals surface area contributed by atoms with Crippen molar-refractivity contribution < 1.29 is 27.4 Å². The van der Waals surface area contributed by atoms with E-state index in [2.05, 4.69) is 9.71 Å². The molecular weight excluding hydrogens is 437 g/mol. The number of rotatable bonds is 5. The van der Waals surface area contributed by atoms with Crippen LogP contribution >= 0.6 is 11.6 Å². The van der Waals surface area contributed by atoms with E-state index in [1.165, 1.54) is 24.3 Å². The zero-order valence-corrected chi connectivity index (χ0v) is 16.6. The summed E-state index contributed by atoms with van der Waals surface area (Å²) in [5.74, 6) is 0.00337. The molecule has 11 heteroatoms. The molecule has 1 heterocycles. The number of benzene rings is 2. The Labute approximate surface area is 176 Å². The molecule has 1 aromatic heterocycles. The molecule has 2 N–H and O–H groups in total. The van der Waals surface area contributed by atoms with Gasteiger partial charge in [0.05, 0.1) is 16.7 Å². The normalized spacial score (nSPS) is 10.2. The van der Waals surface area contributed by atoms with Crippen molar-refractivity contribution in [2.45, 2.75) is 4.90 Å². The molecule has 154 valence electrons. The van der Waals surface area contributed by atoms with Crippen LogP contribution in [0.2, 0.25) is 5.02 Å². The van der Waals surface area contributed by atoms with Crippen molar-refractivity contribution in [1.29, 1.82) is 5.26 Å². The molecule has 0 fully saturated rings. The summed E-state index contributed by atoms with van der Waals surface area (Å²) < 4.78 is 45.6. The van der Waals surface area contributed by atoms with Gasteiger partial charge in [-0.15, -0.1) is 0 Å². The molecule has 0 aliphatic rings. The van der Waals surface area contributed by atoms with Gasteiger partial charge in [0.2, 0.25) is 0 Å². The average Bonchev–Trinajstić information content (AvgIpc) is 2.72. The van der Waals surface area contributed by atoms with Gasteiger partial charge in [0.25, 0.3) is 16.5 Å². The third kappa shape index (κ3) is 6.16. The number of carboxylic acid groups (broad SMARTS) is 1. The maximum absolute atomic E-state index is 12.9. The van der Waals surface area contributed by atoms with Crippen LogP contribution in [0.1, 0.15) is 5.56 Å². The SMILES string of the molecule is N#Cc1cc(S(=O)(=O)Nc2ccc(F)cn2)ccc1Oc1ccc(Cl)cc1.O=CO. The Hall–Kier alpha value is -3.68. The lowest BCUT2D eigenvalue weighted by atomic mass is 10.2. The van der Waals surface area contributed by atoms with E-state index in [4.69, 9.17) is 26.2 Å². The summed E-state index contributed by atoms with van der Waals surface area (Å²) in [5, 5.41) is 16.8. The van der Waals surface area contributed by atoms with E-state index in [1.807, 2.05) is 6.07 Å². The number of halogens is 2. The molecule has 3 rings (SSSR count). The molecule has 0 bridgehead atoms. The minimum atomic E-state index is -4.01. The summed E-state index contributed by atoms with van der Waals surface area (Å²) in [4.78, 5) is 11.8. The first kappa shape index (κ1) is 22.6. The lowest BCUT2D eigenvalue weighted by Gasteiger charge is -2.11. The van der Waals surface area contributed by atoms with Crippen molar-refractivity contribution in [3.63, 3.8) is 0 Å². The van der Waals surface area contributed by atoms with E-state index in [0.717, 1.165) is 12.3 Å². The molecular formula is C19H13ClFN3O5S. The maximum atomic E-state index is 12.9. The fraction of sp³-hybridized carbons (Fsp3) is 0. The summed E-state index contributed by atoms with van der Waals surface area (Å²) in [6, 6.07) is 14.5. The van der Waals surface area contributed by atoms with Crippen molar-refractivity contribution in [1.82, 2.24) is 4.98 Å². The Balaban J connectivity index is 0.00000101. The van der Waals surface area contributed by atoms with Crippen LogP contribution in [0.5, 0.6) is 11.5 Å². The van der Waals surface area contributed by atoms with Gasteiger partial charge in [-0.2, -0.15) is 5.26 Å². The molecule has 0 saturated heterocycles. The quantitative estimate of drug-likeness (QED) is 0.562. The molecule has 0 atom stereocenters. The van der Waals surface area contributed by atoms with Gasteiger partial charge in [0.15, 0.2) is 0 Å². The topological polar surface area (TPSA) is 129 Å². The summed E-state index contributed by atoms with van der Waals surface area (Å²) in [6.45, 7) is -0.250. The third-order valence-electron chi connectivity index (χ3n) is 3.39. The molecule has 0 radical (unpaired) electrons. The Kier molecular flexibility index (Phi) is 7.69. The van der Waals surface area contributed by atoms with Crippen LogP contribution in [0.15, 0.2) is 65.7 Å². The first-order chi connectivity index (χ1) is 14.3. The Bertz CT molecular complexity index is 1160. The van der Waals surface area contributed by atoms with E-state index in [0.29, 0.717) is 10.8 Å². The van der Waals surface area contributed by atoms with Crippen LogP contribution in [0.4, 0.5) is 10.2 Å². The van der Waals surface area contributed by atoms with Crippen LogP contribution in [-0.2, 0) is 14.8 Å². The summed E-state index contributed by atoms with van der Waals surface area (Å²) in [7, 11) is -4.01. The second-order valence-corrected chi connectivity index (χ2v) is 7.52. The van der Waals surface area contributed by atoms with Crippen molar-refractivity contribution in [2.24, 2.45) is 0 Å². The van der Waals surface area contributed by atoms with Crippen molar-refractivity contribution in [2.75, 3.05) is 4.72 Å². The minimum absolute atomic E-state index is 0.0277. The number of pyridine rings is 1. The highest BCUT2D eigenvalue weighted by atomic mass is 35.5. The number of anilines is 1. The molecule has 2 aromatic carbocycles. The van der Waals surface area contributed by atoms with Crippen LogP contribution in [0.3, 0.4) is 0 Å². The number of nitriles is 1. The number of aromatic nitrogens is 1. The second kappa shape index (κ2) is 10.2. The zero-order valence-electron chi connectivity index (χ0n) is 15.0. The minimum Gasteiger partial charge on any atom is -0.483 e. The standard InChI is InChI=1S/C18H11ClFN3O3S.CH2O2/c19-13-1-4-15(5-2-13)26-17-7-6-16(9-12(17)10-21)27(24,25)23-18-8-3-14(20)11-22-18;2-1-3/h1-9,11H,(H,22,23);1H,(H,2,3). The largest absolute Gasteiger partial charge is 0.483 e. The molecule has 0 unspecified atom stereocenters. The van der Waals surface area contributed by atoms with Gasteiger partial charge < -0.3 is 9.84 Å². The van der Waals surface area contributed by atoms with Gasteiger partial charge in [-0.1, -0.05) is 11.6 Å². The monoisotopic (exact) mass is 449 g/mol. The van der Waals surface area contributed by atoms with Crippen molar-refractivity contribution in [3.8, 4) is 17.6 Å². The van der Waals surface area contributed by atoms with Crippen LogP contribution in [-0.4, -0.2) is 25.0 Å².